The van der Waals surface area contributed by atoms with Gasteiger partial charge in [0.15, 0.2) is 17.2 Å². The van der Waals surface area contributed by atoms with E-state index in [1.807, 2.05) is 37.3 Å². The largest absolute Gasteiger partial charge is 0.490 e. The Kier molecular flexibility index (Phi) is 8.27. The SMILES string of the molecule is CCOc1cc(/C=C2\N=C(c3ccc(NC(C)=O)cc3)OC2=O)cc(I)c1OCc1cccc(Cl)c1. The highest BCUT2D eigenvalue weighted by Gasteiger charge is 2.24. The second-order valence-electron chi connectivity index (χ2n) is 7.78. The maximum atomic E-state index is 12.5. The van der Waals surface area contributed by atoms with Gasteiger partial charge in [-0.25, -0.2) is 9.79 Å². The molecular formula is C27H22ClIN2O5. The summed E-state index contributed by atoms with van der Waals surface area (Å²) in [6, 6.07) is 18.0. The molecule has 1 N–H and O–H groups in total. The van der Waals surface area contributed by atoms with Crippen LogP contribution in [0.1, 0.15) is 30.5 Å². The molecule has 1 heterocycles. The first-order valence-electron chi connectivity index (χ1n) is 11.1. The zero-order chi connectivity index (χ0) is 25.7. The van der Waals surface area contributed by atoms with Gasteiger partial charge in [-0.1, -0.05) is 23.7 Å². The molecule has 0 radical (unpaired) electrons. The molecule has 0 fully saturated rings. The van der Waals surface area contributed by atoms with Gasteiger partial charge in [-0.3, -0.25) is 4.79 Å². The van der Waals surface area contributed by atoms with Gasteiger partial charge in [0.1, 0.15) is 6.61 Å². The quantitative estimate of drug-likeness (QED) is 0.184. The first kappa shape index (κ1) is 25.7. The third-order valence-corrected chi connectivity index (χ3v) is 6.02. The Morgan fingerprint density at radius 1 is 1.14 bits per heavy atom. The second kappa shape index (κ2) is 11.6. The van der Waals surface area contributed by atoms with E-state index in [1.54, 1.807) is 36.4 Å². The number of nitrogens with one attached hydrogen (secondary N) is 1. The van der Waals surface area contributed by atoms with Crippen LogP contribution in [0.3, 0.4) is 0 Å². The molecule has 184 valence electrons. The van der Waals surface area contributed by atoms with Gasteiger partial charge < -0.3 is 19.5 Å². The molecule has 3 aromatic rings. The van der Waals surface area contributed by atoms with E-state index in [-0.39, 0.29) is 17.5 Å². The predicted molar refractivity (Wildman–Crippen MR) is 147 cm³/mol. The highest BCUT2D eigenvalue weighted by atomic mass is 127. The molecule has 0 saturated heterocycles. The fourth-order valence-electron chi connectivity index (χ4n) is 3.45. The lowest BCUT2D eigenvalue weighted by molar-refractivity contribution is -0.129. The van der Waals surface area contributed by atoms with Crippen molar-refractivity contribution in [3.8, 4) is 11.5 Å². The molecule has 0 aromatic heterocycles. The molecule has 1 amide bonds. The molecule has 3 aromatic carbocycles. The minimum atomic E-state index is -0.551. The minimum absolute atomic E-state index is 0.167. The minimum Gasteiger partial charge on any atom is -0.490 e. The molecule has 0 atom stereocenters. The van der Waals surface area contributed by atoms with Crippen molar-refractivity contribution in [2.24, 2.45) is 4.99 Å². The van der Waals surface area contributed by atoms with Crippen LogP contribution in [0.4, 0.5) is 5.69 Å². The van der Waals surface area contributed by atoms with Crippen molar-refractivity contribution in [2.45, 2.75) is 20.5 Å². The van der Waals surface area contributed by atoms with Crippen molar-refractivity contribution in [3.05, 3.63) is 91.6 Å². The zero-order valence-corrected chi connectivity index (χ0v) is 22.4. The van der Waals surface area contributed by atoms with E-state index in [2.05, 4.69) is 32.9 Å². The highest BCUT2D eigenvalue weighted by Crippen LogP contribution is 2.36. The van der Waals surface area contributed by atoms with E-state index in [4.69, 9.17) is 25.8 Å². The Balaban J connectivity index is 1.57. The molecule has 4 rings (SSSR count). The van der Waals surface area contributed by atoms with E-state index in [9.17, 15) is 9.59 Å². The van der Waals surface area contributed by atoms with Crippen molar-refractivity contribution in [1.29, 1.82) is 0 Å². The number of rotatable bonds is 8. The van der Waals surface area contributed by atoms with Gasteiger partial charge in [0, 0.05) is 23.2 Å². The molecule has 0 spiro atoms. The number of aliphatic imine (C=N–C) groups is 1. The monoisotopic (exact) mass is 616 g/mol. The fourth-order valence-corrected chi connectivity index (χ4v) is 4.44. The number of carbonyl (C=O) groups excluding carboxylic acids is 2. The summed E-state index contributed by atoms with van der Waals surface area (Å²) in [5, 5.41) is 3.34. The number of carbonyl (C=O) groups is 2. The summed E-state index contributed by atoms with van der Waals surface area (Å²) < 4.78 is 18.1. The molecule has 7 nitrogen and oxygen atoms in total. The summed E-state index contributed by atoms with van der Waals surface area (Å²) in [6.07, 6.45) is 1.65. The average Bonchev–Trinajstić information content (AvgIpc) is 3.19. The number of nitrogens with zero attached hydrogens (tertiary/aromatic N) is 1. The van der Waals surface area contributed by atoms with E-state index >= 15 is 0 Å². The first-order valence-corrected chi connectivity index (χ1v) is 12.5. The van der Waals surface area contributed by atoms with E-state index in [1.165, 1.54) is 6.92 Å². The van der Waals surface area contributed by atoms with Gasteiger partial charge in [0.2, 0.25) is 11.8 Å². The van der Waals surface area contributed by atoms with Crippen LogP contribution < -0.4 is 14.8 Å². The van der Waals surface area contributed by atoms with Crippen LogP contribution in [0.25, 0.3) is 6.08 Å². The Labute approximate surface area is 227 Å². The van der Waals surface area contributed by atoms with Crippen LogP contribution in [0.2, 0.25) is 5.02 Å². The van der Waals surface area contributed by atoms with Crippen molar-refractivity contribution < 1.29 is 23.8 Å². The number of hydrogen-bond donors (Lipinski definition) is 1. The van der Waals surface area contributed by atoms with Gasteiger partial charge in [0.05, 0.1) is 10.2 Å². The zero-order valence-electron chi connectivity index (χ0n) is 19.5. The number of hydrogen-bond acceptors (Lipinski definition) is 6. The molecule has 0 aliphatic carbocycles. The molecule has 1 aliphatic rings. The van der Waals surface area contributed by atoms with Crippen molar-refractivity contribution in [2.75, 3.05) is 11.9 Å². The number of benzene rings is 3. The number of cyclic esters (lactones) is 1. The number of amides is 1. The average molecular weight is 617 g/mol. The Bertz CT molecular complexity index is 1370. The lowest BCUT2D eigenvalue weighted by Crippen LogP contribution is -2.07. The van der Waals surface area contributed by atoms with E-state index in [0.29, 0.717) is 41.0 Å². The Morgan fingerprint density at radius 3 is 2.61 bits per heavy atom. The number of ether oxygens (including phenoxy) is 3. The van der Waals surface area contributed by atoms with Crippen molar-refractivity contribution in [3.63, 3.8) is 0 Å². The Hall–Kier alpha value is -3.37. The van der Waals surface area contributed by atoms with Crippen LogP contribution in [0, 0.1) is 3.57 Å². The van der Waals surface area contributed by atoms with Crippen LogP contribution in [-0.4, -0.2) is 24.4 Å². The number of esters is 1. The number of anilines is 1. The van der Waals surface area contributed by atoms with Gasteiger partial charge >= 0.3 is 5.97 Å². The summed E-state index contributed by atoms with van der Waals surface area (Å²) in [4.78, 5) is 28.1. The van der Waals surface area contributed by atoms with Crippen LogP contribution in [0.5, 0.6) is 11.5 Å². The number of halogens is 2. The standard InChI is InChI=1S/C27H22ClIN2O5/c1-3-34-24-14-18(12-22(29)25(24)35-15-17-5-4-6-20(28)11-17)13-23-27(33)36-26(31-23)19-7-9-21(10-8-19)30-16(2)32/h4-14H,3,15H2,1-2H3,(H,30,32)/b23-13-. The second-order valence-corrected chi connectivity index (χ2v) is 9.37. The van der Waals surface area contributed by atoms with Gasteiger partial charge in [-0.2, -0.15) is 0 Å². The third-order valence-electron chi connectivity index (χ3n) is 4.98. The molecule has 36 heavy (non-hydrogen) atoms. The maximum absolute atomic E-state index is 12.5. The van der Waals surface area contributed by atoms with Crippen LogP contribution in [-0.2, 0) is 20.9 Å². The van der Waals surface area contributed by atoms with E-state index in [0.717, 1.165) is 14.7 Å². The lowest BCUT2D eigenvalue weighted by atomic mass is 10.1. The lowest BCUT2D eigenvalue weighted by Gasteiger charge is -2.15. The predicted octanol–water partition coefficient (Wildman–Crippen LogP) is 6.23. The summed E-state index contributed by atoms with van der Waals surface area (Å²) in [5.74, 6) is 0.644. The van der Waals surface area contributed by atoms with Crippen LogP contribution in [0.15, 0.2) is 71.4 Å². The molecule has 0 bridgehead atoms. The maximum Gasteiger partial charge on any atom is 0.363 e. The summed E-state index contributed by atoms with van der Waals surface area (Å²) >= 11 is 8.25. The molecule has 9 heteroatoms. The van der Waals surface area contributed by atoms with Gasteiger partial charge in [-0.05, 0) is 95.2 Å². The molecule has 0 saturated carbocycles. The normalized spacial score (nSPS) is 13.8. The summed E-state index contributed by atoms with van der Waals surface area (Å²) in [5.41, 5.74) is 3.09. The van der Waals surface area contributed by atoms with E-state index < -0.39 is 5.97 Å². The van der Waals surface area contributed by atoms with Crippen molar-refractivity contribution in [1.82, 2.24) is 0 Å². The molecule has 0 unspecified atom stereocenters. The molecular weight excluding hydrogens is 595 g/mol. The van der Waals surface area contributed by atoms with Crippen LogP contribution >= 0.6 is 34.2 Å². The topological polar surface area (TPSA) is 86.2 Å². The third kappa shape index (κ3) is 6.44. The first-order chi connectivity index (χ1) is 17.3. The van der Waals surface area contributed by atoms with Gasteiger partial charge in [0.25, 0.3) is 0 Å². The summed E-state index contributed by atoms with van der Waals surface area (Å²) in [6.45, 7) is 4.10. The van der Waals surface area contributed by atoms with Gasteiger partial charge in [-0.15, -0.1) is 0 Å². The summed E-state index contributed by atoms with van der Waals surface area (Å²) in [7, 11) is 0. The smallest absolute Gasteiger partial charge is 0.363 e. The molecule has 1 aliphatic heterocycles. The Morgan fingerprint density at radius 2 is 1.92 bits per heavy atom. The van der Waals surface area contributed by atoms with Crippen molar-refractivity contribution >= 4 is 63.7 Å². The fraction of sp³-hybridized carbons (Fsp3) is 0.148. The highest BCUT2D eigenvalue weighted by molar-refractivity contribution is 14.1.